The van der Waals surface area contributed by atoms with Crippen LogP contribution in [0.15, 0.2) is 48.5 Å². The van der Waals surface area contributed by atoms with Crippen molar-refractivity contribution < 1.29 is 52.4 Å². The summed E-state index contributed by atoms with van der Waals surface area (Å²) in [6.07, 6.45) is 15.0. The maximum Gasteiger partial charge on any atom is 4.00 e. The van der Waals surface area contributed by atoms with Gasteiger partial charge in [0.2, 0.25) is 0 Å². The minimum atomic E-state index is 0. The van der Waals surface area contributed by atoms with Crippen molar-refractivity contribution in [3.05, 3.63) is 89.4 Å². The van der Waals surface area contributed by atoms with E-state index in [1.807, 2.05) is 0 Å². The van der Waals surface area contributed by atoms with Gasteiger partial charge in [0.05, 0.1) is 0 Å². The van der Waals surface area contributed by atoms with E-state index in [4.69, 9.17) is 0 Å². The van der Waals surface area contributed by atoms with Gasteiger partial charge in [-0.15, -0.1) is 0 Å². The summed E-state index contributed by atoms with van der Waals surface area (Å²) < 4.78 is 0. The van der Waals surface area contributed by atoms with Crippen molar-refractivity contribution in [2.45, 2.75) is 131 Å². The van der Waals surface area contributed by atoms with Gasteiger partial charge in [-0.1, -0.05) is 168 Å². The van der Waals surface area contributed by atoms with Crippen LogP contribution in [-0.2, 0) is 52.4 Å². The van der Waals surface area contributed by atoms with Gasteiger partial charge in [0.25, 0.3) is 0 Å². The summed E-state index contributed by atoms with van der Waals surface area (Å²) in [5.41, 5.74) is 5.75. The molecule has 0 aliphatic heterocycles. The molecule has 4 aliphatic rings. The molecule has 0 N–H and O–H groups in total. The zero-order valence-electron chi connectivity index (χ0n) is 32.5. The largest absolute Gasteiger partial charge is 4.00 e. The summed E-state index contributed by atoms with van der Waals surface area (Å²) in [6, 6.07) is 19.0. The van der Waals surface area contributed by atoms with Gasteiger partial charge in [-0.3, -0.25) is 0 Å². The molecule has 2 aromatic carbocycles. The molecule has 4 fully saturated rings. The van der Waals surface area contributed by atoms with Gasteiger partial charge in [0, 0.05) is 0 Å². The molecular weight excluding hydrogens is 711 g/mol. The predicted molar refractivity (Wildman–Crippen MR) is 202 cm³/mol. The smallest absolute Gasteiger partial charge is 0.358 e. The van der Waals surface area contributed by atoms with Crippen molar-refractivity contribution >= 4 is 0 Å². The number of hydrogen-bond acceptors (Lipinski definition) is 0. The van der Waals surface area contributed by atoms with Gasteiger partial charge in [0.15, 0.2) is 0 Å². The van der Waals surface area contributed by atoms with Crippen LogP contribution in [-0.4, -0.2) is 0 Å². The van der Waals surface area contributed by atoms with Crippen molar-refractivity contribution in [2.24, 2.45) is 47.3 Å². The summed E-state index contributed by atoms with van der Waals surface area (Å²) in [7, 11) is 0. The Bertz CT molecular complexity index is 876. The Kier molecular flexibility index (Phi) is 26.8. The second-order valence-corrected chi connectivity index (χ2v) is 14.7. The maximum atomic E-state index is 2.45. The Balaban J connectivity index is -0.000000992. The van der Waals surface area contributed by atoms with Crippen molar-refractivity contribution in [2.75, 3.05) is 0 Å². The summed E-state index contributed by atoms with van der Waals surface area (Å²) in [6.45, 7) is 19.6. The van der Waals surface area contributed by atoms with Crippen LogP contribution in [0.2, 0.25) is 0 Å². The fourth-order valence-corrected chi connectivity index (χ4v) is 8.96. The second-order valence-electron chi connectivity index (χ2n) is 14.7. The maximum absolute atomic E-state index is 2.45. The zero-order chi connectivity index (χ0) is 28.8. The molecule has 0 amide bonds. The van der Waals surface area contributed by atoms with Crippen LogP contribution in [0.25, 0.3) is 11.1 Å². The standard InChI is InChI=1S/C30H42.2C5H10.4CH3.2Zr/c1-17-18(2)22(6)29(21(17)5)27-13-9-25(10-14-27)26-11-15-28(16-12-26)30-23(7)19(3)20(4)24(30)8;2*1-2-4-5-3-1;;;;;;/h9-24,29-30H,1-8H3;2*1-5H2;4*1H3;;/q;;;4*-1;2*+4. The average Bonchev–Trinajstić information content (AvgIpc) is 3.80. The van der Waals surface area contributed by atoms with Gasteiger partial charge in [-0.25, -0.2) is 0 Å². The molecular formula is C44H74Zr2+4. The molecule has 254 valence electrons. The molecule has 0 heterocycles. The van der Waals surface area contributed by atoms with Gasteiger partial charge in [-0.2, -0.15) is 0 Å². The quantitative estimate of drug-likeness (QED) is 0.272. The molecule has 2 heteroatoms. The molecule has 2 aromatic rings. The summed E-state index contributed by atoms with van der Waals surface area (Å²) >= 11 is 0. The van der Waals surface area contributed by atoms with Crippen LogP contribution >= 0.6 is 0 Å². The average molecular weight is 786 g/mol. The van der Waals surface area contributed by atoms with E-state index in [-0.39, 0.29) is 82.1 Å². The van der Waals surface area contributed by atoms with Gasteiger partial charge in [0.1, 0.15) is 0 Å². The molecule has 0 spiro atoms. The minimum absolute atomic E-state index is 0. The molecule has 0 radical (unpaired) electrons. The summed E-state index contributed by atoms with van der Waals surface area (Å²) in [5.74, 6) is 7.68. The van der Waals surface area contributed by atoms with Crippen LogP contribution < -0.4 is 0 Å². The third kappa shape index (κ3) is 12.2. The van der Waals surface area contributed by atoms with Crippen molar-refractivity contribution in [1.82, 2.24) is 0 Å². The molecule has 0 nitrogen and oxygen atoms in total. The van der Waals surface area contributed by atoms with E-state index < -0.39 is 0 Å². The summed E-state index contributed by atoms with van der Waals surface area (Å²) in [4.78, 5) is 0. The Labute approximate surface area is 329 Å². The van der Waals surface area contributed by atoms with Crippen molar-refractivity contribution in [3.63, 3.8) is 0 Å². The Morgan fingerprint density at radius 3 is 0.652 bits per heavy atom. The molecule has 4 aliphatic carbocycles. The Morgan fingerprint density at radius 1 is 0.304 bits per heavy atom. The van der Waals surface area contributed by atoms with E-state index in [0.717, 1.165) is 47.3 Å². The van der Waals surface area contributed by atoms with Crippen LogP contribution in [0.4, 0.5) is 0 Å². The van der Waals surface area contributed by atoms with Gasteiger partial charge >= 0.3 is 52.4 Å². The van der Waals surface area contributed by atoms with E-state index in [1.54, 1.807) is 0 Å². The van der Waals surface area contributed by atoms with Crippen LogP contribution in [0.3, 0.4) is 0 Å². The molecule has 4 saturated carbocycles. The van der Waals surface area contributed by atoms with E-state index in [0.29, 0.717) is 11.8 Å². The SMILES string of the molecule is C1CCCC1.C1CCCC1.CC1C(C)C(C)C(c2ccc(-c3ccc(C4C(C)C(C)C(C)C4C)cc3)cc2)C1C.[CH3-].[CH3-].[CH3-].[CH3-].[Zr+4].[Zr+4]. The molecule has 0 bridgehead atoms. The third-order valence-corrected chi connectivity index (χ3v) is 12.7. The molecule has 6 rings (SSSR count). The molecule has 46 heavy (non-hydrogen) atoms. The van der Waals surface area contributed by atoms with Gasteiger partial charge < -0.3 is 29.7 Å². The number of hydrogen-bond donors (Lipinski definition) is 0. The molecule has 0 saturated heterocycles. The first-order chi connectivity index (χ1) is 19.2. The number of rotatable bonds is 3. The van der Waals surface area contributed by atoms with Crippen LogP contribution in [0, 0.1) is 77.0 Å². The molecule has 0 aromatic heterocycles. The van der Waals surface area contributed by atoms with E-state index in [2.05, 4.69) is 104 Å². The van der Waals surface area contributed by atoms with Crippen molar-refractivity contribution in [3.8, 4) is 11.1 Å². The van der Waals surface area contributed by atoms with E-state index >= 15 is 0 Å². The van der Waals surface area contributed by atoms with Crippen LogP contribution in [0.5, 0.6) is 0 Å². The Hall–Kier alpha value is 0.206. The first-order valence-electron chi connectivity index (χ1n) is 17.4. The zero-order valence-corrected chi connectivity index (χ0v) is 37.4. The minimum Gasteiger partial charge on any atom is -0.358 e. The Morgan fingerprint density at radius 2 is 0.478 bits per heavy atom. The summed E-state index contributed by atoms with van der Waals surface area (Å²) in [5, 5.41) is 0. The fraction of sp³-hybridized carbons (Fsp3) is 0.636. The second kappa shape index (κ2) is 24.4. The van der Waals surface area contributed by atoms with Crippen LogP contribution in [0.1, 0.15) is 143 Å². The van der Waals surface area contributed by atoms with Crippen molar-refractivity contribution in [1.29, 1.82) is 0 Å². The monoisotopic (exact) mass is 782 g/mol. The molecule has 8 atom stereocenters. The number of benzene rings is 2. The third-order valence-electron chi connectivity index (χ3n) is 12.7. The topological polar surface area (TPSA) is 0 Å². The van der Waals surface area contributed by atoms with Gasteiger partial charge in [-0.05, 0) is 81.4 Å². The van der Waals surface area contributed by atoms with E-state index in [9.17, 15) is 0 Å². The molecule has 8 unspecified atom stereocenters. The fourth-order valence-electron chi connectivity index (χ4n) is 8.96. The predicted octanol–water partition coefficient (Wildman–Crippen LogP) is 14.3. The normalized spacial score (nSPS) is 32.2. The van der Waals surface area contributed by atoms with E-state index in [1.165, 1.54) is 86.5 Å². The first kappa shape index (κ1) is 50.6. The first-order valence-corrected chi connectivity index (χ1v) is 17.4.